The Hall–Kier alpha value is -0.980. The second-order valence-electron chi connectivity index (χ2n) is 3.49. The number of hydrogen-bond acceptors (Lipinski definition) is 4. The Bertz CT molecular complexity index is 405. The van der Waals surface area contributed by atoms with Crippen molar-refractivity contribution >= 4 is 10.0 Å². The van der Waals surface area contributed by atoms with Gasteiger partial charge in [-0.2, -0.15) is 0 Å². The zero-order valence-electron chi connectivity index (χ0n) is 9.13. The molecule has 0 spiro atoms. The standard InChI is InChI=1S/C10H16N2O3S/c1-9(10-5-2-3-6-11-10)12-16(14,15)8-4-7-13/h2-3,5-6,9,12-13H,4,7-8H2,1H3. The number of pyridine rings is 1. The molecule has 1 atom stereocenters. The monoisotopic (exact) mass is 244 g/mol. The fourth-order valence-electron chi connectivity index (χ4n) is 1.28. The average Bonchev–Trinajstić information content (AvgIpc) is 2.27. The van der Waals surface area contributed by atoms with E-state index < -0.39 is 10.0 Å². The maximum atomic E-state index is 11.5. The van der Waals surface area contributed by atoms with E-state index >= 15 is 0 Å². The summed E-state index contributed by atoms with van der Waals surface area (Å²) in [5, 5.41) is 8.58. The van der Waals surface area contributed by atoms with Crippen molar-refractivity contribution < 1.29 is 13.5 Å². The van der Waals surface area contributed by atoms with Crippen molar-refractivity contribution in [1.82, 2.24) is 9.71 Å². The fourth-order valence-corrected chi connectivity index (χ4v) is 2.56. The average molecular weight is 244 g/mol. The summed E-state index contributed by atoms with van der Waals surface area (Å²) >= 11 is 0. The maximum Gasteiger partial charge on any atom is 0.212 e. The molecule has 90 valence electrons. The number of sulfonamides is 1. The van der Waals surface area contributed by atoms with E-state index in [9.17, 15) is 8.42 Å². The molecular weight excluding hydrogens is 228 g/mol. The summed E-state index contributed by atoms with van der Waals surface area (Å²) in [6, 6.07) is 4.99. The molecule has 0 fully saturated rings. The first-order valence-electron chi connectivity index (χ1n) is 5.07. The Morgan fingerprint density at radius 1 is 1.50 bits per heavy atom. The van der Waals surface area contributed by atoms with E-state index in [1.807, 2.05) is 0 Å². The molecule has 0 aliphatic rings. The summed E-state index contributed by atoms with van der Waals surface area (Å²) in [7, 11) is -3.34. The molecule has 6 heteroatoms. The molecule has 1 heterocycles. The van der Waals surface area contributed by atoms with Crippen LogP contribution >= 0.6 is 0 Å². The van der Waals surface area contributed by atoms with Crippen LogP contribution in [0.25, 0.3) is 0 Å². The van der Waals surface area contributed by atoms with Gasteiger partial charge >= 0.3 is 0 Å². The van der Waals surface area contributed by atoms with Gasteiger partial charge in [-0.3, -0.25) is 4.98 Å². The molecule has 1 unspecified atom stereocenters. The van der Waals surface area contributed by atoms with Crippen molar-refractivity contribution in [3.05, 3.63) is 30.1 Å². The first-order chi connectivity index (χ1) is 7.55. The van der Waals surface area contributed by atoms with Crippen LogP contribution in [-0.2, 0) is 10.0 Å². The highest BCUT2D eigenvalue weighted by atomic mass is 32.2. The van der Waals surface area contributed by atoms with Crippen LogP contribution in [0.2, 0.25) is 0 Å². The molecule has 5 nitrogen and oxygen atoms in total. The number of nitrogens with one attached hydrogen (secondary N) is 1. The number of aromatic nitrogens is 1. The summed E-state index contributed by atoms with van der Waals surface area (Å²) < 4.78 is 25.6. The topological polar surface area (TPSA) is 79.3 Å². The van der Waals surface area contributed by atoms with E-state index in [1.54, 1.807) is 31.3 Å². The molecule has 1 rings (SSSR count). The van der Waals surface area contributed by atoms with E-state index in [1.165, 1.54) is 0 Å². The maximum absolute atomic E-state index is 11.5. The predicted molar refractivity (Wildman–Crippen MR) is 61.3 cm³/mol. The highest BCUT2D eigenvalue weighted by molar-refractivity contribution is 7.89. The minimum atomic E-state index is -3.34. The summed E-state index contributed by atoms with van der Waals surface area (Å²) in [6.07, 6.45) is 1.86. The van der Waals surface area contributed by atoms with Crippen LogP contribution < -0.4 is 4.72 Å². The van der Waals surface area contributed by atoms with Crippen LogP contribution in [-0.4, -0.2) is 30.9 Å². The van der Waals surface area contributed by atoms with Crippen LogP contribution in [0.1, 0.15) is 25.1 Å². The summed E-state index contributed by atoms with van der Waals surface area (Å²) in [5.41, 5.74) is 0.676. The number of aliphatic hydroxyl groups is 1. The minimum Gasteiger partial charge on any atom is -0.396 e. The molecule has 0 aliphatic carbocycles. The smallest absolute Gasteiger partial charge is 0.212 e. The van der Waals surface area contributed by atoms with Gasteiger partial charge in [-0.15, -0.1) is 0 Å². The highest BCUT2D eigenvalue weighted by Gasteiger charge is 2.15. The third-order valence-electron chi connectivity index (χ3n) is 2.06. The number of rotatable bonds is 6. The summed E-state index contributed by atoms with van der Waals surface area (Å²) in [6.45, 7) is 1.61. The van der Waals surface area contributed by atoms with Gasteiger partial charge in [-0.05, 0) is 25.5 Å². The van der Waals surface area contributed by atoms with E-state index in [0.717, 1.165) is 0 Å². The number of aliphatic hydroxyl groups excluding tert-OH is 1. The van der Waals surface area contributed by atoms with Gasteiger partial charge in [0.05, 0.1) is 17.5 Å². The highest BCUT2D eigenvalue weighted by Crippen LogP contribution is 2.09. The van der Waals surface area contributed by atoms with Crippen molar-refractivity contribution in [2.45, 2.75) is 19.4 Å². The lowest BCUT2D eigenvalue weighted by Crippen LogP contribution is -2.29. The van der Waals surface area contributed by atoms with Gasteiger partial charge in [0.15, 0.2) is 0 Å². The Kier molecular flexibility index (Phi) is 4.85. The first kappa shape index (κ1) is 13.1. The van der Waals surface area contributed by atoms with E-state index in [-0.39, 0.29) is 24.8 Å². The number of nitrogens with zero attached hydrogens (tertiary/aromatic N) is 1. The first-order valence-corrected chi connectivity index (χ1v) is 6.72. The normalized spacial score (nSPS) is 13.6. The van der Waals surface area contributed by atoms with Crippen molar-refractivity contribution in [2.75, 3.05) is 12.4 Å². The zero-order valence-corrected chi connectivity index (χ0v) is 9.94. The molecule has 1 aromatic heterocycles. The predicted octanol–water partition coefficient (Wildman–Crippen LogP) is 0.444. The second kappa shape index (κ2) is 5.93. The van der Waals surface area contributed by atoms with Gasteiger partial charge < -0.3 is 5.11 Å². The van der Waals surface area contributed by atoms with Crippen molar-refractivity contribution in [1.29, 1.82) is 0 Å². The van der Waals surface area contributed by atoms with Crippen LogP contribution in [0.3, 0.4) is 0 Å². The molecule has 0 saturated carbocycles. The molecule has 0 saturated heterocycles. The molecule has 16 heavy (non-hydrogen) atoms. The second-order valence-corrected chi connectivity index (χ2v) is 5.36. The largest absolute Gasteiger partial charge is 0.396 e. The molecule has 0 aromatic carbocycles. The summed E-state index contributed by atoms with van der Waals surface area (Å²) in [4.78, 5) is 4.07. The van der Waals surface area contributed by atoms with Crippen LogP contribution in [0.4, 0.5) is 0 Å². The van der Waals surface area contributed by atoms with Gasteiger partial charge in [0.2, 0.25) is 10.0 Å². The quantitative estimate of drug-likeness (QED) is 0.761. The van der Waals surface area contributed by atoms with E-state index in [2.05, 4.69) is 9.71 Å². The lowest BCUT2D eigenvalue weighted by molar-refractivity contribution is 0.295. The third-order valence-corrected chi connectivity index (χ3v) is 3.60. The molecule has 2 N–H and O–H groups in total. The van der Waals surface area contributed by atoms with Crippen molar-refractivity contribution in [2.24, 2.45) is 0 Å². The molecule has 0 radical (unpaired) electrons. The Labute approximate surface area is 95.6 Å². The van der Waals surface area contributed by atoms with E-state index in [4.69, 9.17) is 5.11 Å². The van der Waals surface area contributed by atoms with Gasteiger partial charge in [-0.25, -0.2) is 13.1 Å². The van der Waals surface area contributed by atoms with Gasteiger partial charge in [0.25, 0.3) is 0 Å². The van der Waals surface area contributed by atoms with Gasteiger partial charge in [0.1, 0.15) is 0 Å². The minimum absolute atomic E-state index is 0.0688. The molecule has 0 aliphatic heterocycles. The van der Waals surface area contributed by atoms with Crippen molar-refractivity contribution in [3.8, 4) is 0 Å². The van der Waals surface area contributed by atoms with Crippen LogP contribution in [0.15, 0.2) is 24.4 Å². The molecule has 0 bridgehead atoms. The third kappa shape index (κ3) is 4.26. The molecular formula is C10H16N2O3S. The van der Waals surface area contributed by atoms with Crippen molar-refractivity contribution in [3.63, 3.8) is 0 Å². The lowest BCUT2D eigenvalue weighted by atomic mass is 10.2. The lowest BCUT2D eigenvalue weighted by Gasteiger charge is -2.13. The van der Waals surface area contributed by atoms with Crippen LogP contribution in [0, 0.1) is 0 Å². The fraction of sp³-hybridized carbons (Fsp3) is 0.500. The van der Waals surface area contributed by atoms with Crippen LogP contribution in [0.5, 0.6) is 0 Å². The molecule has 1 aromatic rings. The summed E-state index contributed by atoms with van der Waals surface area (Å²) in [5.74, 6) is -0.0688. The SMILES string of the molecule is CC(NS(=O)(=O)CCCO)c1ccccn1. The number of hydrogen-bond donors (Lipinski definition) is 2. The zero-order chi connectivity index (χ0) is 12.0. The van der Waals surface area contributed by atoms with Gasteiger partial charge in [0, 0.05) is 12.8 Å². The Balaban J connectivity index is 2.61. The van der Waals surface area contributed by atoms with Gasteiger partial charge in [-0.1, -0.05) is 6.07 Å². The molecule has 0 amide bonds. The Morgan fingerprint density at radius 2 is 2.25 bits per heavy atom. The Morgan fingerprint density at radius 3 is 2.81 bits per heavy atom. The van der Waals surface area contributed by atoms with E-state index in [0.29, 0.717) is 5.69 Å².